The molecule has 0 saturated carbocycles. The van der Waals surface area contributed by atoms with E-state index in [0.29, 0.717) is 26.4 Å². The van der Waals surface area contributed by atoms with E-state index in [4.69, 9.17) is 33.0 Å². The average molecular weight is 446 g/mol. The Bertz CT molecular complexity index is 366. The zero-order chi connectivity index (χ0) is 21.6. The summed E-state index contributed by atoms with van der Waals surface area (Å²) >= 11 is 0. The molecular weight excluding hydrogens is 407 g/mol. The van der Waals surface area contributed by atoms with E-state index in [2.05, 4.69) is 18.7 Å². The highest BCUT2D eigenvalue weighted by Crippen LogP contribution is 2.49. The lowest BCUT2D eigenvalue weighted by Gasteiger charge is -2.18. The van der Waals surface area contributed by atoms with E-state index in [9.17, 15) is 9.67 Å². The van der Waals surface area contributed by atoms with Crippen LogP contribution in [0.3, 0.4) is 0 Å². The smallest absolute Gasteiger partial charge is 0.391 e. The second kappa shape index (κ2) is 21.1. The van der Waals surface area contributed by atoms with Gasteiger partial charge in [-0.1, -0.05) is 26.7 Å². The minimum Gasteiger partial charge on any atom is -0.391 e. The van der Waals surface area contributed by atoms with Gasteiger partial charge in [-0.15, -0.1) is 0 Å². The van der Waals surface area contributed by atoms with E-state index >= 15 is 0 Å². The molecule has 1 atom stereocenters. The third kappa shape index (κ3) is 19.6. The minimum absolute atomic E-state index is 0.00272. The maximum absolute atomic E-state index is 12.7. The summed E-state index contributed by atoms with van der Waals surface area (Å²) in [6.45, 7) is 6.35. The number of ether oxygens (including phenoxy) is 3. The van der Waals surface area contributed by atoms with Crippen molar-refractivity contribution in [3.63, 3.8) is 0 Å². The van der Waals surface area contributed by atoms with Crippen molar-refractivity contribution in [3.05, 3.63) is 0 Å². The Hall–Kier alpha value is -0.130. The van der Waals surface area contributed by atoms with E-state index in [-0.39, 0.29) is 46.1 Å². The van der Waals surface area contributed by atoms with Crippen molar-refractivity contribution in [3.8, 4) is 0 Å². The van der Waals surface area contributed by atoms with Crippen molar-refractivity contribution >= 4 is 7.82 Å². The Morgan fingerprint density at radius 2 is 1.17 bits per heavy atom. The normalized spacial score (nSPS) is 13.1. The molecule has 0 bridgehead atoms. The van der Waals surface area contributed by atoms with Crippen molar-refractivity contribution in [1.29, 1.82) is 0 Å². The second-order valence-corrected chi connectivity index (χ2v) is 7.90. The lowest BCUT2D eigenvalue weighted by Crippen LogP contribution is -2.17. The van der Waals surface area contributed by atoms with Gasteiger partial charge in [0, 0.05) is 19.8 Å². The van der Waals surface area contributed by atoms with Crippen LogP contribution in [0.2, 0.25) is 0 Å². The maximum atomic E-state index is 12.7. The highest BCUT2D eigenvalue weighted by molar-refractivity contribution is 7.48. The number of rotatable bonds is 23. The van der Waals surface area contributed by atoms with Crippen LogP contribution in [0.1, 0.15) is 46.0 Å². The fraction of sp³-hybridized carbons (Fsp3) is 1.00. The first-order valence-corrected chi connectivity index (χ1v) is 11.7. The molecule has 2 N–H and O–H groups in total. The standard InChI is InChI=1S/C18H39O10P/c1-3-5-8-22-11-14-26-29(21,27-15-12-23-9-6-4-2)28-16-13-24-10-7-18(19)17-25-20/h18-20H,3-17H2,1-2H3. The summed E-state index contributed by atoms with van der Waals surface area (Å²) in [5.41, 5.74) is 0. The summed E-state index contributed by atoms with van der Waals surface area (Å²) in [5, 5.41) is 17.6. The Labute approximate surface area is 174 Å². The largest absolute Gasteiger partial charge is 0.475 e. The highest BCUT2D eigenvalue weighted by Gasteiger charge is 2.26. The second-order valence-electron chi connectivity index (χ2n) is 6.23. The molecule has 0 aromatic carbocycles. The zero-order valence-electron chi connectivity index (χ0n) is 17.8. The molecule has 0 saturated heterocycles. The molecule has 0 heterocycles. The van der Waals surface area contributed by atoms with E-state index < -0.39 is 13.9 Å². The molecule has 0 aliphatic carbocycles. The van der Waals surface area contributed by atoms with Crippen LogP contribution < -0.4 is 0 Å². The molecule has 0 aliphatic heterocycles. The van der Waals surface area contributed by atoms with E-state index in [0.717, 1.165) is 25.7 Å². The van der Waals surface area contributed by atoms with Crippen molar-refractivity contribution in [2.45, 2.75) is 52.1 Å². The Morgan fingerprint density at radius 1 is 0.724 bits per heavy atom. The Balaban J connectivity index is 4.10. The summed E-state index contributed by atoms with van der Waals surface area (Å²) < 4.78 is 44.6. The summed E-state index contributed by atoms with van der Waals surface area (Å²) in [7, 11) is -3.75. The topological polar surface area (TPSA) is 122 Å². The molecule has 1 unspecified atom stereocenters. The van der Waals surface area contributed by atoms with E-state index in [1.165, 1.54) is 0 Å². The van der Waals surface area contributed by atoms with Gasteiger partial charge in [-0.2, -0.15) is 0 Å². The molecule has 0 fully saturated rings. The fourth-order valence-corrected chi connectivity index (χ4v) is 3.04. The lowest BCUT2D eigenvalue weighted by molar-refractivity contribution is -0.257. The quantitative estimate of drug-likeness (QED) is 0.105. The molecule has 0 aromatic heterocycles. The van der Waals surface area contributed by atoms with Gasteiger partial charge in [-0.25, -0.2) is 9.45 Å². The van der Waals surface area contributed by atoms with Gasteiger partial charge in [0.05, 0.1) is 45.7 Å². The van der Waals surface area contributed by atoms with Crippen LogP contribution in [0.15, 0.2) is 0 Å². The van der Waals surface area contributed by atoms with Crippen LogP contribution >= 0.6 is 7.82 Å². The number of unbranched alkanes of at least 4 members (excludes halogenated alkanes) is 2. The first-order chi connectivity index (χ1) is 14.1. The van der Waals surface area contributed by atoms with E-state index in [1.807, 2.05) is 0 Å². The summed E-state index contributed by atoms with van der Waals surface area (Å²) in [6.07, 6.45) is 3.45. The Morgan fingerprint density at radius 3 is 1.59 bits per heavy atom. The number of hydrogen-bond donors (Lipinski definition) is 2. The van der Waals surface area contributed by atoms with Gasteiger partial charge in [0.1, 0.15) is 6.61 Å². The Kier molecular flexibility index (Phi) is 21.0. The molecule has 11 heteroatoms. The number of hydrogen-bond acceptors (Lipinski definition) is 10. The van der Waals surface area contributed by atoms with Crippen LogP contribution in [0, 0.1) is 0 Å². The third-order valence-corrected chi connectivity index (χ3v) is 5.07. The molecular formula is C18H39O10P. The van der Waals surface area contributed by atoms with Gasteiger partial charge in [0.2, 0.25) is 0 Å². The molecule has 0 aliphatic rings. The summed E-state index contributed by atoms with van der Waals surface area (Å²) in [4.78, 5) is 3.84. The summed E-state index contributed by atoms with van der Waals surface area (Å²) in [6, 6.07) is 0. The van der Waals surface area contributed by atoms with Crippen molar-refractivity contribution < 1.29 is 47.6 Å². The number of aliphatic hydroxyl groups excluding tert-OH is 1. The fourth-order valence-electron chi connectivity index (χ4n) is 1.92. The molecule has 10 nitrogen and oxygen atoms in total. The third-order valence-electron chi connectivity index (χ3n) is 3.58. The number of aliphatic hydroxyl groups is 1. The van der Waals surface area contributed by atoms with Crippen LogP contribution in [0.25, 0.3) is 0 Å². The molecule has 0 aromatic rings. The van der Waals surface area contributed by atoms with Gasteiger partial charge < -0.3 is 19.3 Å². The molecule has 0 rings (SSSR count). The van der Waals surface area contributed by atoms with Crippen LogP contribution in [-0.4, -0.2) is 82.5 Å². The summed E-state index contributed by atoms with van der Waals surface area (Å²) in [5.74, 6) is 0. The number of phosphoric acid groups is 1. The predicted octanol–water partition coefficient (Wildman–Crippen LogP) is 3.03. The predicted molar refractivity (Wildman–Crippen MR) is 107 cm³/mol. The molecule has 0 spiro atoms. The minimum atomic E-state index is -3.75. The van der Waals surface area contributed by atoms with E-state index in [1.54, 1.807) is 0 Å². The van der Waals surface area contributed by atoms with Gasteiger partial charge in [-0.3, -0.25) is 18.8 Å². The van der Waals surface area contributed by atoms with Gasteiger partial charge in [0.25, 0.3) is 0 Å². The molecule has 0 amide bonds. The first-order valence-electron chi connectivity index (χ1n) is 10.3. The van der Waals surface area contributed by atoms with Gasteiger partial charge in [0.15, 0.2) is 0 Å². The van der Waals surface area contributed by atoms with Crippen LogP contribution in [0.4, 0.5) is 0 Å². The first kappa shape index (κ1) is 28.9. The monoisotopic (exact) mass is 446 g/mol. The molecule has 29 heavy (non-hydrogen) atoms. The molecule has 176 valence electrons. The zero-order valence-corrected chi connectivity index (χ0v) is 18.7. The average Bonchev–Trinajstić information content (AvgIpc) is 2.70. The molecule has 0 radical (unpaired) electrons. The van der Waals surface area contributed by atoms with Crippen molar-refractivity contribution in [1.82, 2.24) is 0 Å². The van der Waals surface area contributed by atoms with Crippen molar-refractivity contribution in [2.75, 3.05) is 66.1 Å². The van der Waals surface area contributed by atoms with Gasteiger partial charge in [-0.05, 0) is 19.3 Å². The highest BCUT2D eigenvalue weighted by atomic mass is 31.2. The SMILES string of the molecule is CCCCOCCOP(=O)(OCCOCCCC)OCCOCCC(O)COO. The number of phosphoric ester groups is 1. The van der Waals surface area contributed by atoms with Gasteiger partial charge >= 0.3 is 7.82 Å². The van der Waals surface area contributed by atoms with Crippen molar-refractivity contribution in [2.24, 2.45) is 0 Å². The van der Waals surface area contributed by atoms with Crippen LogP contribution in [-0.2, 0) is 37.2 Å². The lowest BCUT2D eigenvalue weighted by atomic mass is 10.3. The van der Waals surface area contributed by atoms with Crippen LogP contribution in [0.5, 0.6) is 0 Å². The maximum Gasteiger partial charge on any atom is 0.475 e.